The van der Waals surface area contributed by atoms with E-state index in [-0.39, 0.29) is 10.6 Å². The third-order valence-electron chi connectivity index (χ3n) is 2.42. The Morgan fingerprint density at radius 1 is 1.16 bits per heavy atom. The minimum atomic E-state index is 0.0272. The van der Waals surface area contributed by atoms with Crippen LogP contribution in [0, 0.1) is 11.3 Å². The molecule has 2 N–H and O–H groups in total. The van der Waals surface area contributed by atoms with Crippen molar-refractivity contribution in [2.45, 2.75) is 0 Å². The van der Waals surface area contributed by atoms with Crippen molar-refractivity contribution >= 4 is 23.3 Å². The number of benzene rings is 1. The van der Waals surface area contributed by atoms with Crippen LogP contribution >= 0.6 is 12.2 Å². The minimum Gasteiger partial charge on any atom is -0.496 e. The average molecular weight is 278 g/mol. The van der Waals surface area contributed by atoms with Gasteiger partial charge >= 0.3 is 0 Å². The molecule has 100 valence electrons. The molecule has 0 radical (unpaired) electrons. The first kappa shape index (κ1) is 14.8. The van der Waals surface area contributed by atoms with Crippen LogP contribution in [0.4, 0.5) is 0 Å². The summed E-state index contributed by atoms with van der Waals surface area (Å²) in [6.45, 7) is 0. The predicted molar refractivity (Wildman–Crippen MR) is 76.5 cm³/mol. The molecule has 0 aliphatic heterocycles. The Morgan fingerprint density at radius 2 is 1.68 bits per heavy atom. The van der Waals surface area contributed by atoms with E-state index in [2.05, 4.69) is 0 Å². The van der Waals surface area contributed by atoms with E-state index in [9.17, 15) is 0 Å². The lowest BCUT2D eigenvalue weighted by molar-refractivity contribution is 0.348. The summed E-state index contributed by atoms with van der Waals surface area (Å²) in [5, 5.41) is 8.97. The van der Waals surface area contributed by atoms with Gasteiger partial charge in [-0.25, -0.2) is 0 Å². The first-order valence-corrected chi connectivity index (χ1v) is 5.69. The molecule has 0 fully saturated rings. The van der Waals surface area contributed by atoms with Gasteiger partial charge in [-0.15, -0.1) is 0 Å². The second-order valence-corrected chi connectivity index (χ2v) is 3.92. The Morgan fingerprint density at radius 3 is 2.11 bits per heavy atom. The zero-order valence-electron chi connectivity index (χ0n) is 10.9. The molecule has 1 rings (SSSR count). The molecule has 0 heterocycles. The molecule has 5 nitrogen and oxygen atoms in total. The van der Waals surface area contributed by atoms with Gasteiger partial charge in [-0.05, 0) is 12.1 Å². The van der Waals surface area contributed by atoms with Crippen molar-refractivity contribution in [3.63, 3.8) is 0 Å². The molecule has 0 aliphatic carbocycles. The highest BCUT2D eigenvalue weighted by Crippen LogP contribution is 2.35. The van der Waals surface area contributed by atoms with Crippen molar-refractivity contribution in [1.29, 1.82) is 5.26 Å². The fourth-order valence-corrected chi connectivity index (χ4v) is 1.58. The number of hydrogen-bond acceptors (Lipinski definition) is 5. The highest BCUT2D eigenvalue weighted by molar-refractivity contribution is 7.80. The molecule has 0 saturated carbocycles. The maximum absolute atomic E-state index is 8.97. The van der Waals surface area contributed by atoms with Crippen molar-refractivity contribution in [1.82, 2.24) is 0 Å². The summed E-state index contributed by atoms with van der Waals surface area (Å²) < 4.78 is 15.6. The normalized spacial score (nSPS) is 10.5. The van der Waals surface area contributed by atoms with Crippen LogP contribution in [0.3, 0.4) is 0 Å². The van der Waals surface area contributed by atoms with Crippen LogP contribution in [0.15, 0.2) is 17.7 Å². The van der Waals surface area contributed by atoms with Gasteiger partial charge in [0.25, 0.3) is 0 Å². The van der Waals surface area contributed by atoms with E-state index in [4.69, 9.17) is 37.4 Å². The minimum absolute atomic E-state index is 0.0272. The molecule has 0 unspecified atom stereocenters. The molecule has 6 heteroatoms. The second kappa shape index (κ2) is 6.61. The number of methoxy groups -OCH3 is 3. The van der Waals surface area contributed by atoms with Gasteiger partial charge in [-0.3, -0.25) is 0 Å². The fraction of sp³-hybridized carbons (Fsp3) is 0.231. The van der Waals surface area contributed by atoms with Gasteiger partial charge < -0.3 is 19.9 Å². The van der Waals surface area contributed by atoms with Gasteiger partial charge in [-0.2, -0.15) is 5.26 Å². The highest BCUT2D eigenvalue weighted by atomic mass is 32.1. The zero-order chi connectivity index (χ0) is 14.4. The first-order chi connectivity index (χ1) is 9.07. The maximum atomic E-state index is 8.97. The standard InChI is InChI=1S/C13H14N2O3S/c1-16-10-6-12(18-3)11(17-2)5-8(10)4-9(7-14)13(15)19/h4-6H,1-3H3,(H2,15,19). The molecule has 19 heavy (non-hydrogen) atoms. The summed E-state index contributed by atoms with van der Waals surface area (Å²) in [7, 11) is 4.57. The van der Waals surface area contributed by atoms with Gasteiger partial charge in [0.15, 0.2) is 11.5 Å². The Kier molecular flexibility index (Phi) is 5.15. The Labute approximate surface area is 117 Å². The number of nitrogens with two attached hydrogens (primary N) is 1. The molecule has 0 bridgehead atoms. The maximum Gasteiger partial charge on any atom is 0.164 e. The topological polar surface area (TPSA) is 77.5 Å². The Balaban J connectivity index is 3.42. The van der Waals surface area contributed by atoms with E-state index < -0.39 is 0 Å². The van der Waals surface area contributed by atoms with Gasteiger partial charge in [-0.1, -0.05) is 12.2 Å². The van der Waals surface area contributed by atoms with E-state index in [0.717, 1.165) is 0 Å². The summed E-state index contributed by atoms with van der Waals surface area (Å²) in [5.74, 6) is 1.58. The number of nitrogens with zero attached hydrogens (tertiary/aromatic N) is 1. The van der Waals surface area contributed by atoms with Crippen LogP contribution < -0.4 is 19.9 Å². The summed E-state index contributed by atoms with van der Waals surface area (Å²) in [6.07, 6.45) is 1.54. The van der Waals surface area contributed by atoms with Crippen molar-refractivity contribution in [2.24, 2.45) is 5.73 Å². The molecule has 0 aliphatic rings. The van der Waals surface area contributed by atoms with Crippen LogP contribution in [0.25, 0.3) is 6.08 Å². The van der Waals surface area contributed by atoms with E-state index in [1.807, 2.05) is 6.07 Å². The molecule has 0 atom stereocenters. The lowest BCUT2D eigenvalue weighted by Crippen LogP contribution is -2.09. The molecular formula is C13H14N2O3S. The molecule has 0 spiro atoms. The van der Waals surface area contributed by atoms with Gasteiger partial charge in [0.05, 0.1) is 26.9 Å². The van der Waals surface area contributed by atoms with Crippen molar-refractivity contribution in [3.8, 4) is 23.3 Å². The molecule has 1 aromatic carbocycles. The monoisotopic (exact) mass is 278 g/mol. The largest absolute Gasteiger partial charge is 0.496 e. The Hall–Kier alpha value is -2.26. The number of thiocarbonyl (C=S) groups is 1. The van der Waals surface area contributed by atoms with Crippen LogP contribution in [0.5, 0.6) is 17.2 Å². The highest BCUT2D eigenvalue weighted by Gasteiger charge is 2.11. The van der Waals surface area contributed by atoms with Crippen LogP contribution in [-0.2, 0) is 0 Å². The average Bonchev–Trinajstić information content (AvgIpc) is 2.43. The molecule has 0 aromatic heterocycles. The van der Waals surface area contributed by atoms with E-state index in [0.29, 0.717) is 22.8 Å². The summed E-state index contributed by atoms with van der Waals surface area (Å²) in [5.41, 5.74) is 6.28. The summed E-state index contributed by atoms with van der Waals surface area (Å²) in [6, 6.07) is 5.29. The van der Waals surface area contributed by atoms with E-state index >= 15 is 0 Å². The van der Waals surface area contributed by atoms with E-state index in [1.54, 1.807) is 18.2 Å². The van der Waals surface area contributed by atoms with Crippen molar-refractivity contribution < 1.29 is 14.2 Å². The second-order valence-electron chi connectivity index (χ2n) is 3.48. The predicted octanol–water partition coefficient (Wildman–Crippen LogP) is 1.91. The number of ether oxygens (including phenoxy) is 3. The van der Waals surface area contributed by atoms with Crippen LogP contribution in [0.2, 0.25) is 0 Å². The molecule has 0 saturated heterocycles. The van der Waals surface area contributed by atoms with Gasteiger partial charge in [0, 0.05) is 11.6 Å². The number of nitriles is 1. The third-order valence-corrected chi connectivity index (χ3v) is 2.64. The first-order valence-electron chi connectivity index (χ1n) is 5.29. The Bertz CT molecular complexity index is 562. The van der Waals surface area contributed by atoms with Gasteiger partial charge in [0.2, 0.25) is 0 Å². The summed E-state index contributed by atoms with van der Waals surface area (Å²) >= 11 is 4.79. The quantitative estimate of drug-likeness (QED) is 0.503. The van der Waals surface area contributed by atoms with Crippen molar-refractivity contribution in [2.75, 3.05) is 21.3 Å². The van der Waals surface area contributed by atoms with Gasteiger partial charge in [0.1, 0.15) is 16.8 Å². The number of rotatable bonds is 5. The molecule has 1 aromatic rings. The molecular weight excluding hydrogens is 264 g/mol. The third kappa shape index (κ3) is 3.36. The SMILES string of the molecule is COc1cc(OC)c(OC)cc1C=C(C#N)C(N)=S. The lowest BCUT2D eigenvalue weighted by atomic mass is 10.1. The lowest BCUT2D eigenvalue weighted by Gasteiger charge is -2.12. The van der Waals surface area contributed by atoms with Crippen LogP contribution in [-0.4, -0.2) is 26.3 Å². The van der Waals surface area contributed by atoms with Crippen molar-refractivity contribution in [3.05, 3.63) is 23.3 Å². The smallest absolute Gasteiger partial charge is 0.164 e. The van der Waals surface area contributed by atoms with Crippen LogP contribution in [0.1, 0.15) is 5.56 Å². The fourth-order valence-electron chi connectivity index (χ4n) is 1.48. The number of hydrogen-bond donors (Lipinski definition) is 1. The summed E-state index contributed by atoms with van der Waals surface area (Å²) in [4.78, 5) is 0.0272. The van der Waals surface area contributed by atoms with E-state index in [1.165, 1.54) is 21.3 Å². The molecule has 0 amide bonds. The zero-order valence-corrected chi connectivity index (χ0v) is 11.7.